The maximum Gasteiger partial charge on any atom is 0.253 e. The van der Waals surface area contributed by atoms with Gasteiger partial charge in [-0.1, -0.05) is 6.07 Å². The standard InChI is InChI=1S/C13H18N2O3/c1-10-4-2-6-14(13(10)18)8-12(17)15-7-3-5-11(15)9-16/h2,4,6,11,16H,3,5,7-9H2,1H3/t11-/m1/s1. The molecule has 1 aliphatic rings. The van der Waals surface area contributed by atoms with Crippen molar-refractivity contribution in [2.45, 2.75) is 32.4 Å². The minimum Gasteiger partial charge on any atom is -0.394 e. The molecule has 1 amide bonds. The summed E-state index contributed by atoms with van der Waals surface area (Å²) in [6, 6.07) is 3.41. The van der Waals surface area contributed by atoms with Crippen LogP contribution in [0.1, 0.15) is 18.4 Å². The first-order valence-corrected chi connectivity index (χ1v) is 6.20. The number of carbonyl (C=O) groups excluding carboxylic acids is 1. The van der Waals surface area contributed by atoms with E-state index in [0.29, 0.717) is 12.1 Å². The van der Waals surface area contributed by atoms with Crippen LogP contribution in [0.15, 0.2) is 23.1 Å². The zero-order valence-electron chi connectivity index (χ0n) is 10.5. The maximum atomic E-state index is 12.1. The molecule has 18 heavy (non-hydrogen) atoms. The second-order valence-corrected chi connectivity index (χ2v) is 4.69. The second-order valence-electron chi connectivity index (χ2n) is 4.69. The van der Waals surface area contributed by atoms with Crippen LogP contribution in [0.5, 0.6) is 0 Å². The smallest absolute Gasteiger partial charge is 0.253 e. The molecular formula is C13H18N2O3. The molecule has 1 fully saturated rings. The van der Waals surface area contributed by atoms with Crippen LogP contribution >= 0.6 is 0 Å². The molecular weight excluding hydrogens is 232 g/mol. The van der Waals surface area contributed by atoms with Crippen molar-refractivity contribution in [2.24, 2.45) is 0 Å². The Labute approximate surface area is 106 Å². The number of carbonyl (C=O) groups is 1. The molecule has 0 radical (unpaired) electrons. The average molecular weight is 250 g/mol. The van der Waals surface area contributed by atoms with Gasteiger partial charge in [0.15, 0.2) is 0 Å². The third-order valence-corrected chi connectivity index (χ3v) is 3.42. The normalized spacial score (nSPS) is 19.2. The van der Waals surface area contributed by atoms with Crippen LogP contribution in [0.2, 0.25) is 0 Å². The minimum absolute atomic E-state index is 0.00550. The summed E-state index contributed by atoms with van der Waals surface area (Å²) >= 11 is 0. The third-order valence-electron chi connectivity index (χ3n) is 3.42. The SMILES string of the molecule is Cc1cccn(CC(=O)N2CCC[C@@H]2CO)c1=O. The number of aliphatic hydroxyl groups excluding tert-OH is 1. The summed E-state index contributed by atoms with van der Waals surface area (Å²) in [6.45, 7) is 2.45. The highest BCUT2D eigenvalue weighted by Gasteiger charge is 2.27. The average Bonchev–Trinajstić information content (AvgIpc) is 2.83. The van der Waals surface area contributed by atoms with Crippen molar-refractivity contribution in [3.63, 3.8) is 0 Å². The van der Waals surface area contributed by atoms with E-state index < -0.39 is 0 Å². The molecule has 1 aliphatic heterocycles. The van der Waals surface area contributed by atoms with Gasteiger partial charge in [-0.05, 0) is 25.8 Å². The fraction of sp³-hybridized carbons (Fsp3) is 0.538. The van der Waals surface area contributed by atoms with Gasteiger partial charge in [0.2, 0.25) is 5.91 Å². The van der Waals surface area contributed by atoms with Crippen molar-refractivity contribution < 1.29 is 9.90 Å². The van der Waals surface area contributed by atoms with E-state index in [9.17, 15) is 14.7 Å². The molecule has 0 saturated carbocycles. The van der Waals surface area contributed by atoms with Crippen molar-refractivity contribution in [2.75, 3.05) is 13.2 Å². The largest absolute Gasteiger partial charge is 0.394 e. The van der Waals surface area contributed by atoms with Crippen LogP contribution < -0.4 is 5.56 Å². The molecule has 0 aliphatic carbocycles. The molecule has 0 spiro atoms. The van der Waals surface area contributed by atoms with Crippen LogP contribution in [0.4, 0.5) is 0 Å². The Morgan fingerprint density at radius 2 is 2.33 bits per heavy atom. The Bertz CT molecular complexity index is 495. The van der Waals surface area contributed by atoms with E-state index >= 15 is 0 Å². The maximum absolute atomic E-state index is 12.1. The summed E-state index contributed by atoms with van der Waals surface area (Å²) in [4.78, 5) is 25.6. The molecule has 5 heteroatoms. The van der Waals surface area contributed by atoms with Crippen LogP contribution in [0.25, 0.3) is 0 Å². The van der Waals surface area contributed by atoms with Gasteiger partial charge < -0.3 is 14.6 Å². The molecule has 98 valence electrons. The highest BCUT2D eigenvalue weighted by atomic mass is 16.3. The van der Waals surface area contributed by atoms with Crippen molar-refractivity contribution in [3.8, 4) is 0 Å². The molecule has 2 rings (SSSR count). The first kappa shape index (κ1) is 12.8. The number of aromatic nitrogens is 1. The van der Waals surface area contributed by atoms with Gasteiger partial charge in [-0.3, -0.25) is 9.59 Å². The highest BCUT2D eigenvalue weighted by Crippen LogP contribution is 2.16. The summed E-state index contributed by atoms with van der Waals surface area (Å²) in [7, 11) is 0. The lowest BCUT2D eigenvalue weighted by Gasteiger charge is -2.23. The number of aryl methyl sites for hydroxylation is 1. The fourth-order valence-electron chi connectivity index (χ4n) is 2.37. The van der Waals surface area contributed by atoms with Gasteiger partial charge in [0, 0.05) is 18.3 Å². The molecule has 1 aromatic heterocycles. The van der Waals surface area contributed by atoms with E-state index in [-0.39, 0.29) is 30.7 Å². The van der Waals surface area contributed by atoms with Gasteiger partial charge in [-0.25, -0.2) is 0 Å². The molecule has 0 bridgehead atoms. The monoisotopic (exact) mass is 250 g/mol. The first-order chi connectivity index (χ1) is 8.63. The molecule has 0 unspecified atom stereocenters. The molecule has 1 N–H and O–H groups in total. The predicted octanol–water partition coefficient (Wildman–Crippen LogP) is 0.140. The van der Waals surface area contributed by atoms with Crippen molar-refractivity contribution >= 4 is 5.91 Å². The van der Waals surface area contributed by atoms with Crippen molar-refractivity contribution in [1.82, 2.24) is 9.47 Å². The molecule has 1 atom stereocenters. The van der Waals surface area contributed by atoms with E-state index in [4.69, 9.17) is 0 Å². The summed E-state index contributed by atoms with van der Waals surface area (Å²) in [6.07, 6.45) is 3.38. The Morgan fingerprint density at radius 3 is 3.06 bits per heavy atom. The fourth-order valence-corrected chi connectivity index (χ4v) is 2.37. The number of pyridine rings is 1. The summed E-state index contributed by atoms with van der Waals surface area (Å²) < 4.78 is 1.42. The topological polar surface area (TPSA) is 62.5 Å². The quantitative estimate of drug-likeness (QED) is 0.830. The summed E-state index contributed by atoms with van der Waals surface area (Å²) in [5, 5.41) is 9.19. The van der Waals surface area contributed by atoms with Crippen molar-refractivity contribution in [3.05, 3.63) is 34.2 Å². The van der Waals surface area contributed by atoms with E-state index in [2.05, 4.69) is 0 Å². The molecule has 2 heterocycles. The Balaban J connectivity index is 2.12. The molecule has 1 saturated heterocycles. The minimum atomic E-state index is -0.134. The Morgan fingerprint density at radius 1 is 1.56 bits per heavy atom. The summed E-state index contributed by atoms with van der Waals surface area (Å²) in [5.41, 5.74) is 0.496. The van der Waals surface area contributed by atoms with Gasteiger partial charge in [-0.2, -0.15) is 0 Å². The molecule has 1 aromatic rings. The van der Waals surface area contributed by atoms with E-state index in [1.807, 2.05) is 0 Å². The van der Waals surface area contributed by atoms with E-state index in [0.717, 1.165) is 12.8 Å². The molecule has 0 aromatic carbocycles. The Kier molecular flexibility index (Phi) is 3.81. The van der Waals surface area contributed by atoms with Crippen LogP contribution in [0.3, 0.4) is 0 Å². The third kappa shape index (κ3) is 2.46. The lowest BCUT2D eigenvalue weighted by Crippen LogP contribution is -2.41. The van der Waals surface area contributed by atoms with Gasteiger partial charge in [-0.15, -0.1) is 0 Å². The number of hydrogen-bond acceptors (Lipinski definition) is 3. The van der Waals surface area contributed by atoms with Crippen LogP contribution in [-0.4, -0.2) is 39.7 Å². The van der Waals surface area contributed by atoms with Gasteiger partial charge in [0.05, 0.1) is 12.6 Å². The zero-order valence-corrected chi connectivity index (χ0v) is 10.5. The number of amides is 1. The lowest BCUT2D eigenvalue weighted by molar-refractivity contribution is -0.133. The van der Waals surface area contributed by atoms with Crippen molar-refractivity contribution in [1.29, 1.82) is 0 Å². The number of hydrogen-bond donors (Lipinski definition) is 1. The van der Waals surface area contributed by atoms with Crippen LogP contribution in [-0.2, 0) is 11.3 Å². The number of rotatable bonds is 3. The van der Waals surface area contributed by atoms with Gasteiger partial charge in [0.1, 0.15) is 6.54 Å². The van der Waals surface area contributed by atoms with E-state index in [1.54, 1.807) is 30.2 Å². The van der Waals surface area contributed by atoms with Gasteiger partial charge in [0.25, 0.3) is 5.56 Å². The second kappa shape index (κ2) is 5.35. The predicted molar refractivity (Wildman–Crippen MR) is 67.3 cm³/mol. The molecule has 5 nitrogen and oxygen atoms in total. The van der Waals surface area contributed by atoms with Crippen LogP contribution in [0, 0.1) is 6.92 Å². The van der Waals surface area contributed by atoms with Gasteiger partial charge >= 0.3 is 0 Å². The van der Waals surface area contributed by atoms with E-state index in [1.165, 1.54) is 4.57 Å². The lowest BCUT2D eigenvalue weighted by atomic mass is 10.2. The highest BCUT2D eigenvalue weighted by molar-refractivity contribution is 5.76. The number of likely N-dealkylation sites (tertiary alicyclic amines) is 1. The number of nitrogens with zero attached hydrogens (tertiary/aromatic N) is 2. The Hall–Kier alpha value is -1.62. The zero-order chi connectivity index (χ0) is 13.1. The number of aliphatic hydroxyl groups is 1. The first-order valence-electron chi connectivity index (χ1n) is 6.20. The summed E-state index contributed by atoms with van der Waals surface area (Å²) in [5.74, 6) is -0.0979.